The summed E-state index contributed by atoms with van der Waals surface area (Å²) in [5.41, 5.74) is 1.90. The van der Waals surface area contributed by atoms with Crippen LogP contribution in [0.2, 0.25) is 0 Å². The van der Waals surface area contributed by atoms with Crippen molar-refractivity contribution in [1.82, 2.24) is 0 Å². The number of methoxy groups -OCH3 is 2. The van der Waals surface area contributed by atoms with Gasteiger partial charge in [-0.25, -0.2) is 9.59 Å². The second kappa shape index (κ2) is 7.96. The van der Waals surface area contributed by atoms with E-state index in [1.165, 1.54) is 14.2 Å². The minimum Gasteiger partial charge on any atom is -0.493 e. The molecule has 0 spiro atoms. The molecule has 7 nitrogen and oxygen atoms in total. The lowest BCUT2D eigenvalue weighted by molar-refractivity contribution is -0.145. The van der Waals surface area contributed by atoms with Crippen LogP contribution in [0.25, 0.3) is 0 Å². The zero-order valence-electron chi connectivity index (χ0n) is 16.5. The minimum absolute atomic E-state index is 0.250. The first-order chi connectivity index (χ1) is 13.4. The van der Waals surface area contributed by atoms with Crippen molar-refractivity contribution in [2.45, 2.75) is 25.7 Å². The normalized spacial score (nSPS) is 20.5. The van der Waals surface area contributed by atoms with Crippen molar-refractivity contribution in [3.8, 4) is 17.2 Å². The quantitative estimate of drug-likeness (QED) is 0.665. The summed E-state index contributed by atoms with van der Waals surface area (Å²) in [5, 5.41) is 0. The van der Waals surface area contributed by atoms with E-state index in [-0.39, 0.29) is 19.2 Å². The highest BCUT2D eigenvalue weighted by molar-refractivity contribution is 5.95. The standard InChI is InChI=1S/C21H24O7/c1-5-26-17(22)12-27-18-15(6-7-16(24-3)19(18)25-4)21(2)9-8-14-13(10-21)11-28-20(14)23/h6-9H,5,10-12H2,1-4H3. The van der Waals surface area contributed by atoms with Gasteiger partial charge in [0.15, 0.2) is 18.1 Å². The van der Waals surface area contributed by atoms with Crippen molar-refractivity contribution in [3.63, 3.8) is 0 Å². The first kappa shape index (κ1) is 19.8. The third kappa shape index (κ3) is 3.56. The van der Waals surface area contributed by atoms with Crippen molar-refractivity contribution in [2.24, 2.45) is 0 Å². The van der Waals surface area contributed by atoms with Crippen LogP contribution >= 0.6 is 0 Å². The number of benzene rings is 1. The number of cyclic esters (lactones) is 1. The van der Waals surface area contributed by atoms with Crippen LogP contribution in [0, 0.1) is 0 Å². The van der Waals surface area contributed by atoms with Gasteiger partial charge in [0.05, 0.1) is 26.4 Å². The molecule has 1 aromatic rings. The Hall–Kier alpha value is -2.96. The van der Waals surface area contributed by atoms with Crippen LogP contribution in [0.1, 0.15) is 25.8 Å². The molecule has 1 aliphatic carbocycles. The Morgan fingerprint density at radius 3 is 2.68 bits per heavy atom. The summed E-state index contributed by atoms with van der Waals surface area (Å²) in [5.74, 6) is 0.545. The molecule has 28 heavy (non-hydrogen) atoms. The van der Waals surface area contributed by atoms with Gasteiger partial charge in [-0.3, -0.25) is 0 Å². The Morgan fingerprint density at radius 2 is 2.00 bits per heavy atom. The lowest BCUT2D eigenvalue weighted by Crippen LogP contribution is -2.25. The summed E-state index contributed by atoms with van der Waals surface area (Å²) >= 11 is 0. The van der Waals surface area contributed by atoms with Gasteiger partial charge in [-0.1, -0.05) is 25.1 Å². The molecule has 0 bridgehead atoms. The number of allylic oxidation sites excluding steroid dienone is 1. The average Bonchev–Trinajstić information content (AvgIpc) is 3.05. The highest BCUT2D eigenvalue weighted by Crippen LogP contribution is 2.49. The molecular weight excluding hydrogens is 364 g/mol. The van der Waals surface area contributed by atoms with Gasteiger partial charge in [0.1, 0.15) is 6.61 Å². The zero-order valence-corrected chi connectivity index (χ0v) is 16.5. The van der Waals surface area contributed by atoms with E-state index < -0.39 is 11.4 Å². The smallest absolute Gasteiger partial charge is 0.344 e. The van der Waals surface area contributed by atoms with Crippen molar-refractivity contribution in [2.75, 3.05) is 34.0 Å². The molecule has 1 heterocycles. The molecule has 0 fully saturated rings. The molecule has 0 saturated heterocycles. The molecule has 0 radical (unpaired) electrons. The summed E-state index contributed by atoms with van der Waals surface area (Å²) in [6.07, 6.45) is 4.34. The summed E-state index contributed by atoms with van der Waals surface area (Å²) in [6.45, 7) is 4.09. The lowest BCUT2D eigenvalue weighted by Gasteiger charge is -2.32. The van der Waals surface area contributed by atoms with E-state index in [2.05, 4.69) is 0 Å². The van der Waals surface area contributed by atoms with Crippen molar-refractivity contribution in [1.29, 1.82) is 0 Å². The second-order valence-electron chi connectivity index (χ2n) is 6.79. The number of hydrogen-bond acceptors (Lipinski definition) is 7. The van der Waals surface area contributed by atoms with Crippen LogP contribution in [-0.2, 0) is 24.5 Å². The Balaban J connectivity index is 2.00. The molecule has 7 heteroatoms. The van der Waals surface area contributed by atoms with E-state index in [0.717, 1.165) is 11.1 Å². The van der Waals surface area contributed by atoms with Crippen molar-refractivity contribution < 1.29 is 33.3 Å². The molecule has 1 aliphatic heterocycles. The number of ether oxygens (including phenoxy) is 5. The summed E-state index contributed by atoms with van der Waals surface area (Å²) in [7, 11) is 3.05. The number of rotatable bonds is 7. The van der Waals surface area contributed by atoms with E-state index >= 15 is 0 Å². The second-order valence-corrected chi connectivity index (χ2v) is 6.79. The first-order valence-electron chi connectivity index (χ1n) is 9.05. The van der Waals surface area contributed by atoms with Gasteiger partial charge in [0.2, 0.25) is 5.75 Å². The van der Waals surface area contributed by atoms with E-state index in [1.54, 1.807) is 19.1 Å². The van der Waals surface area contributed by atoms with Crippen LogP contribution < -0.4 is 14.2 Å². The average molecular weight is 388 g/mol. The monoisotopic (exact) mass is 388 g/mol. The first-order valence-corrected chi connectivity index (χ1v) is 9.05. The molecule has 1 aromatic carbocycles. The third-order valence-electron chi connectivity index (χ3n) is 4.93. The van der Waals surface area contributed by atoms with Gasteiger partial charge in [-0.05, 0) is 25.0 Å². The zero-order chi connectivity index (χ0) is 20.3. The van der Waals surface area contributed by atoms with E-state index in [9.17, 15) is 9.59 Å². The van der Waals surface area contributed by atoms with Gasteiger partial charge in [0.25, 0.3) is 0 Å². The van der Waals surface area contributed by atoms with Gasteiger partial charge >= 0.3 is 11.9 Å². The third-order valence-corrected chi connectivity index (χ3v) is 4.93. The Kier molecular flexibility index (Phi) is 5.63. The van der Waals surface area contributed by atoms with Gasteiger partial charge in [-0.15, -0.1) is 0 Å². The highest BCUT2D eigenvalue weighted by Gasteiger charge is 2.38. The van der Waals surface area contributed by atoms with Crippen LogP contribution in [0.4, 0.5) is 0 Å². The van der Waals surface area contributed by atoms with E-state index in [0.29, 0.717) is 35.8 Å². The molecule has 0 aromatic heterocycles. The summed E-state index contributed by atoms with van der Waals surface area (Å²) in [6, 6.07) is 3.68. The Morgan fingerprint density at radius 1 is 1.21 bits per heavy atom. The maximum Gasteiger partial charge on any atom is 0.344 e. The predicted molar refractivity (Wildman–Crippen MR) is 101 cm³/mol. The van der Waals surface area contributed by atoms with E-state index in [1.807, 2.05) is 19.1 Å². The SMILES string of the molecule is CCOC(=O)COc1c(C2(C)C=CC3=C(COC3=O)C2)ccc(OC)c1OC. The maximum atomic E-state index is 11.8. The minimum atomic E-state index is -0.476. The Bertz CT molecular complexity index is 853. The molecule has 1 atom stereocenters. The van der Waals surface area contributed by atoms with E-state index in [4.69, 9.17) is 23.7 Å². The summed E-state index contributed by atoms with van der Waals surface area (Å²) < 4.78 is 26.8. The number of carbonyl (C=O) groups is 2. The fourth-order valence-corrected chi connectivity index (χ4v) is 3.56. The van der Waals surface area contributed by atoms with Gasteiger partial charge in [0, 0.05) is 11.0 Å². The van der Waals surface area contributed by atoms with Gasteiger partial charge < -0.3 is 23.7 Å². The fourth-order valence-electron chi connectivity index (χ4n) is 3.56. The number of esters is 2. The molecule has 0 N–H and O–H groups in total. The highest BCUT2D eigenvalue weighted by atomic mass is 16.6. The molecule has 150 valence electrons. The van der Waals surface area contributed by atoms with Crippen molar-refractivity contribution in [3.05, 3.63) is 41.0 Å². The number of hydrogen-bond donors (Lipinski definition) is 0. The molecule has 0 saturated carbocycles. The molecule has 0 amide bonds. The largest absolute Gasteiger partial charge is 0.493 e. The van der Waals surface area contributed by atoms with Crippen LogP contribution in [0.3, 0.4) is 0 Å². The fraction of sp³-hybridized carbons (Fsp3) is 0.429. The predicted octanol–water partition coefficient (Wildman–Crippen LogP) is 2.72. The Labute approximate surface area is 163 Å². The van der Waals surface area contributed by atoms with Gasteiger partial charge in [-0.2, -0.15) is 0 Å². The molecule has 1 unspecified atom stereocenters. The van der Waals surface area contributed by atoms with Crippen molar-refractivity contribution >= 4 is 11.9 Å². The maximum absolute atomic E-state index is 11.8. The topological polar surface area (TPSA) is 80.3 Å². The number of carbonyl (C=O) groups excluding carboxylic acids is 2. The molecular formula is C21H24O7. The van der Waals surface area contributed by atoms with Crippen LogP contribution in [0.5, 0.6) is 17.2 Å². The summed E-state index contributed by atoms with van der Waals surface area (Å²) in [4.78, 5) is 23.6. The van der Waals surface area contributed by atoms with Crippen LogP contribution in [0.15, 0.2) is 35.4 Å². The molecule has 2 aliphatic rings. The lowest BCUT2D eigenvalue weighted by atomic mass is 9.73. The molecule has 3 rings (SSSR count). The van der Waals surface area contributed by atoms with Crippen LogP contribution in [-0.4, -0.2) is 46.0 Å².